The Kier molecular flexibility index (Phi) is 6.58. The molecule has 0 aliphatic carbocycles. The Morgan fingerprint density at radius 2 is 2.32 bits per heavy atom. The van der Waals surface area contributed by atoms with Crippen LogP contribution in [0.25, 0.3) is 0 Å². The van der Waals surface area contributed by atoms with Gasteiger partial charge in [-0.15, -0.1) is 0 Å². The van der Waals surface area contributed by atoms with Gasteiger partial charge in [0.25, 0.3) is 5.91 Å². The maximum Gasteiger partial charge on any atom is 0.265 e. The lowest BCUT2D eigenvalue weighted by Gasteiger charge is -2.12. The van der Waals surface area contributed by atoms with E-state index in [0.29, 0.717) is 16.6 Å². The van der Waals surface area contributed by atoms with Crippen LogP contribution in [0.4, 0.5) is 10.9 Å². The zero-order valence-corrected chi connectivity index (χ0v) is 12.5. The van der Waals surface area contributed by atoms with Crippen molar-refractivity contribution >= 4 is 28.2 Å². The number of ether oxygens (including phenoxy) is 1. The lowest BCUT2D eigenvalue weighted by molar-refractivity contribution is 0.0934. The van der Waals surface area contributed by atoms with Crippen molar-refractivity contribution in [3.05, 3.63) is 4.88 Å². The predicted octanol–water partition coefficient (Wildman–Crippen LogP) is 1.70. The van der Waals surface area contributed by atoms with Gasteiger partial charge in [-0.1, -0.05) is 18.3 Å². The number of rotatable bonds is 8. The molecule has 0 aliphatic heterocycles. The highest BCUT2D eigenvalue weighted by Gasteiger charge is 2.17. The quantitative estimate of drug-likeness (QED) is 0.677. The molecule has 0 aliphatic rings. The minimum Gasteiger partial charge on any atom is -0.385 e. The smallest absolute Gasteiger partial charge is 0.265 e. The Labute approximate surface area is 117 Å². The largest absolute Gasteiger partial charge is 0.385 e. The highest BCUT2D eigenvalue weighted by Crippen LogP contribution is 2.24. The number of carbonyl (C=O) groups is 1. The Morgan fingerprint density at radius 3 is 2.95 bits per heavy atom. The van der Waals surface area contributed by atoms with Crippen LogP contribution in [0.5, 0.6) is 0 Å². The molecule has 1 rings (SSSR count). The standard InChI is InChI=1S/C12H22N4O2S/c1-4-6-14-12-16-10(13)9(19-12)11(17)15-8(2)5-7-18-3/h8H,4-7,13H2,1-3H3,(H,14,16)(H,15,17). The van der Waals surface area contributed by atoms with E-state index in [4.69, 9.17) is 10.5 Å². The van der Waals surface area contributed by atoms with Crippen LogP contribution in [0.2, 0.25) is 0 Å². The molecule has 0 bridgehead atoms. The molecule has 6 nitrogen and oxygen atoms in total. The molecule has 0 aromatic carbocycles. The Bertz CT molecular complexity index is 408. The molecule has 1 amide bonds. The lowest BCUT2D eigenvalue weighted by atomic mass is 10.2. The summed E-state index contributed by atoms with van der Waals surface area (Å²) in [6.45, 7) is 5.43. The number of nitrogens with one attached hydrogen (secondary N) is 2. The fourth-order valence-corrected chi connectivity index (χ4v) is 2.27. The van der Waals surface area contributed by atoms with Gasteiger partial charge in [0.05, 0.1) is 0 Å². The zero-order valence-electron chi connectivity index (χ0n) is 11.7. The van der Waals surface area contributed by atoms with Crippen molar-refractivity contribution in [3.8, 4) is 0 Å². The van der Waals surface area contributed by atoms with Gasteiger partial charge in [-0.2, -0.15) is 0 Å². The van der Waals surface area contributed by atoms with E-state index in [1.165, 1.54) is 11.3 Å². The van der Waals surface area contributed by atoms with Gasteiger partial charge in [0.1, 0.15) is 10.7 Å². The van der Waals surface area contributed by atoms with E-state index in [-0.39, 0.29) is 17.8 Å². The average molecular weight is 286 g/mol. The van der Waals surface area contributed by atoms with Crippen molar-refractivity contribution in [2.24, 2.45) is 0 Å². The van der Waals surface area contributed by atoms with Crippen molar-refractivity contribution in [1.82, 2.24) is 10.3 Å². The maximum atomic E-state index is 12.0. The first-order chi connectivity index (χ1) is 9.08. The molecule has 1 atom stereocenters. The fourth-order valence-electron chi connectivity index (χ4n) is 1.46. The first kappa shape index (κ1) is 15.7. The van der Waals surface area contributed by atoms with Gasteiger partial charge in [0, 0.05) is 26.3 Å². The maximum absolute atomic E-state index is 12.0. The predicted molar refractivity (Wildman–Crippen MR) is 78.7 cm³/mol. The second-order valence-corrected chi connectivity index (χ2v) is 5.32. The molecule has 1 aromatic rings. The van der Waals surface area contributed by atoms with Gasteiger partial charge in [-0.05, 0) is 19.8 Å². The number of nitrogens with zero attached hydrogens (tertiary/aromatic N) is 1. The Hall–Kier alpha value is -1.34. The summed E-state index contributed by atoms with van der Waals surface area (Å²) in [5, 5.41) is 6.70. The summed E-state index contributed by atoms with van der Waals surface area (Å²) < 4.78 is 4.98. The lowest BCUT2D eigenvalue weighted by Crippen LogP contribution is -2.33. The molecule has 1 unspecified atom stereocenters. The number of aromatic nitrogens is 1. The molecule has 108 valence electrons. The van der Waals surface area contributed by atoms with Crippen molar-refractivity contribution in [1.29, 1.82) is 0 Å². The van der Waals surface area contributed by atoms with Crippen LogP contribution in [0, 0.1) is 0 Å². The summed E-state index contributed by atoms with van der Waals surface area (Å²) in [5.41, 5.74) is 5.76. The average Bonchev–Trinajstić information content (AvgIpc) is 2.75. The summed E-state index contributed by atoms with van der Waals surface area (Å²) in [7, 11) is 1.64. The van der Waals surface area contributed by atoms with Crippen LogP contribution >= 0.6 is 11.3 Å². The number of hydrogen-bond acceptors (Lipinski definition) is 6. The van der Waals surface area contributed by atoms with Gasteiger partial charge < -0.3 is 21.1 Å². The van der Waals surface area contributed by atoms with E-state index in [1.54, 1.807) is 7.11 Å². The van der Waals surface area contributed by atoms with Gasteiger partial charge in [-0.3, -0.25) is 4.79 Å². The number of amides is 1. The van der Waals surface area contributed by atoms with E-state index in [9.17, 15) is 4.79 Å². The molecular formula is C12H22N4O2S. The summed E-state index contributed by atoms with van der Waals surface area (Å²) >= 11 is 1.28. The number of nitrogens with two attached hydrogens (primary N) is 1. The zero-order chi connectivity index (χ0) is 14.3. The Morgan fingerprint density at radius 1 is 1.58 bits per heavy atom. The third-order valence-corrected chi connectivity index (χ3v) is 3.55. The SMILES string of the molecule is CCCNc1nc(N)c(C(=O)NC(C)CCOC)s1. The summed E-state index contributed by atoms with van der Waals surface area (Å²) in [6.07, 6.45) is 1.76. The van der Waals surface area contributed by atoms with Gasteiger partial charge in [-0.25, -0.2) is 4.98 Å². The first-order valence-electron chi connectivity index (χ1n) is 6.38. The molecule has 1 aromatic heterocycles. The summed E-state index contributed by atoms with van der Waals surface area (Å²) in [6, 6.07) is 0.0426. The molecule has 0 spiro atoms. The molecule has 4 N–H and O–H groups in total. The van der Waals surface area contributed by atoms with E-state index in [0.717, 1.165) is 19.4 Å². The van der Waals surface area contributed by atoms with E-state index < -0.39 is 0 Å². The summed E-state index contributed by atoms with van der Waals surface area (Å²) in [5.74, 6) is 0.100. The monoisotopic (exact) mass is 286 g/mol. The van der Waals surface area contributed by atoms with Crippen molar-refractivity contribution in [2.75, 3.05) is 31.3 Å². The minimum absolute atomic E-state index is 0.0426. The van der Waals surface area contributed by atoms with Crippen LogP contribution < -0.4 is 16.4 Å². The number of thiazole rings is 1. The van der Waals surface area contributed by atoms with Gasteiger partial charge >= 0.3 is 0 Å². The third-order valence-electron chi connectivity index (χ3n) is 2.52. The molecule has 1 heterocycles. The molecular weight excluding hydrogens is 264 g/mol. The molecule has 0 fully saturated rings. The number of hydrogen-bond donors (Lipinski definition) is 3. The first-order valence-corrected chi connectivity index (χ1v) is 7.20. The van der Waals surface area contributed by atoms with Crippen LogP contribution in [0.15, 0.2) is 0 Å². The fraction of sp³-hybridized carbons (Fsp3) is 0.667. The van der Waals surface area contributed by atoms with Gasteiger partial charge in [0.15, 0.2) is 5.13 Å². The van der Waals surface area contributed by atoms with Crippen molar-refractivity contribution in [3.63, 3.8) is 0 Å². The minimum atomic E-state index is -0.178. The van der Waals surface area contributed by atoms with Crippen LogP contribution in [0.3, 0.4) is 0 Å². The second kappa shape index (κ2) is 7.96. The summed E-state index contributed by atoms with van der Waals surface area (Å²) in [4.78, 5) is 16.6. The van der Waals surface area contributed by atoms with E-state index in [2.05, 4.69) is 22.5 Å². The topological polar surface area (TPSA) is 89.3 Å². The second-order valence-electron chi connectivity index (χ2n) is 4.32. The van der Waals surface area contributed by atoms with Gasteiger partial charge in [0.2, 0.25) is 0 Å². The van der Waals surface area contributed by atoms with Crippen LogP contribution in [-0.4, -0.2) is 37.2 Å². The Balaban J connectivity index is 2.58. The number of methoxy groups -OCH3 is 1. The van der Waals surface area contributed by atoms with Crippen LogP contribution in [-0.2, 0) is 4.74 Å². The molecule has 0 radical (unpaired) electrons. The van der Waals surface area contributed by atoms with E-state index >= 15 is 0 Å². The van der Waals surface area contributed by atoms with Crippen LogP contribution in [0.1, 0.15) is 36.4 Å². The van der Waals surface area contributed by atoms with Crippen molar-refractivity contribution in [2.45, 2.75) is 32.7 Å². The third kappa shape index (κ3) is 5.04. The molecule has 0 saturated heterocycles. The molecule has 19 heavy (non-hydrogen) atoms. The normalized spacial score (nSPS) is 12.2. The highest BCUT2D eigenvalue weighted by atomic mass is 32.1. The van der Waals surface area contributed by atoms with E-state index in [1.807, 2.05) is 6.92 Å². The number of nitrogen functional groups attached to an aromatic ring is 1. The molecule has 0 saturated carbocycles. The molecule has 7 heteroatoms. The van der Waals surface area contributed by atoms with Crippen molar-refractivity contribution < 1.29 is 9.53 Å². The number of carbonyl (C=O) groups excluding carboxylic acids is 1. The highest BCUT2D eigenvalue weighted by molar-refractivity contribution is 7.18. The number of anilines is 2.